The lowest BCUT2D eigenvalue weighted by molar-refractivity contribution is 0.261. The molecule has 0 spiro atoms. The zero-order valence-electron chi connectivity index (χ0n) is 12.1. The van der Waals surface area contributed by atoms with Gasteiger partial charge in [-0.2, -0.15) is 0 Å². The second-order valence-electron chi connectivity index (χ2n) is 5.60. The molecule has 1 saturated heterocycles. The van der Waals surface area contributed by atoms with Crippen LogP contribution in [0.1, 0.15) is 23.6 Å². The minimum atomic E-state index is 0.399. The van der Waals surface area contributed by atoms with E-state index in [4.69, 9.17) is 11.6 Å². The molecule has 0 aromatic heterocycles. The quantitative estimate of drug-likeness (QED) is 0.925. The van der Waals surface area contributed by atoms with Crippen molar-refractivity contribution in [3.63, 3.8) is 0 Å². The second kappa shape index (κ2) is 7.08. The third-order valence-electron chi connectivity index (χ3n) is 4.04. The molecule has 0 amide bonds. The first-order valence-corrected chi connectivity index (χ1v) is 7.95. The van der Waals surface area contributed by atoms with Crippen LogP contribution in [-0.2, 0) is 6.54 Å². The molecule has 3 heteroatoms. The van der Waals surface area contributed by atoms with Crippen LogP contribution < -0.4 is 5.32 Å². The first kappa shape index (κ1) is 14.6. The van der Waals surface area contributed by atoms with Crippen molar-refractivity contribution in [3.8, 4) is 0 Å². The summed E-state index contributed by atoms with van der Waals surface area (Å²) in [5.41, 5.74) is 2.58. The molecule has 1 fully saturated rings. The van der Waals surface area contributed by atoms with Crippen LogP contribution in [0.15, 0.2) is 54.6 Å². The SMILES string of the molecule is Clc1ccccc1CN1CCCNC(c2ccccc2)C1. The Kier molecular flexibility index (Phi) is 4.91. The molecule has 3 rings (SSSR count). The maximum atomic E-state index is 6.30. The molecule has 1 aliphatic rings. The number of benzene rings is 2. The third kappa shape index (κ3) is 3.85. The maximum Gasteiger partial charge on any atom is 0.0451 e. The van der Waals surface area contributed by atoms with Gasteiger partial charge in [0.15, 0.2) is 0 Å². The van der Waals surface area contributed by atoms with Gasteiger partial charge in [0.1, 0.15) is 0 Å². The zero-order chi connectivity index (χ0) is 14.5. The highest BCUT2D eigenvalue weighted by atomic mass is 35.5. The number of hydrogen-bond donors (Lipinski definition) is 1. The van der Waals surface area contributed by atoms with Crippen LogP contribution in [0, 0.1) is 0 Å². The van der Waals surface area contributed by atoms with Crippen molar-refractivity contribution in [2.75, 3.05) is 19.6 Å². The maximum absolute atomic E-state index is 6.30. The lowest BCUT2D eigenvalue weighted by Gasteiger charge is -2.25. The summed E-state index contributed by atoms with van der Waals surface area (Å²) in [6, 6.07) is 19.3. The number of halogens is 1. The molecule has 2 nitrogen and oxygen atoms in total. The van der Waals surface area contributed by atoms with Crippen LogP contribution in [0.3, 0.4) is 0 Å². The summed E-state index contributed by atoms with van der Waals surface area (Å²) in [6.45, 7) is 4.13. The normalized spacial score (nSPS) is 20.1. The van der Waals surface area contributed by atoms with Gasteiger partial charge >= 0.3 is 0 Å². The van der Waals surface area contributed by atoms with Gasteiger partial charge in [-0.25, -0.2) is 0 Å². The van der Waals surface area contributed by atoms with E-state index in [1.54, 1.807) is 0 Å². The first-order valence-electron chi connectivity index (χ1n) is 7.57. The van der Waals surface area contributed by atoms with Gasteiger partial charge < -0.3 is 5.32 Å². The Morgan fingerprint density at radius 3 is 2.62 bits per heavy atom. The van der Waals surface area contributed by atoms with E-state index in [9.17, 15) is 0 Å². The zero-order valence-corrected chi connectivity index (χ0v) is 12.9. The largest absolute Gasteiger partial charge is 0.309 e. The Morgan fingerprint density at radius 1 is 1.05 bits per heavy atom. The number of nitrogens with one attached hydrogen (secondary N) is 1. The molecule has 1 N–H and O–H groups in total. The van der Waals surface area contributed by atoms with Gasteiger partial charge in [-0.3, -0.25) is 4.90 Å². The fourth-order valence-electron chi connectivity index (χ4n) is 2.91. The van der Waals surface area contributed by atoms with Crippen molar-refractivity contribution in [3.05, 3.63) is 70.7 Å². The van der Waals surface area contributed by atoms with Gasteiger partial charge in [0.2, 0.25) is 0 Å². The van der Waals surface area contributed by atoms with E-state index >= 15 is 0 Å². The predicted molar refractivity (Wildman–Crippen MR) is 88.5 cm³/mol. The fourth-order valence-corrected chi connectivity index (χ4v) is 3.11. The van der Waals surface area contributed by atoms with Crippen LogP contribution in [0.4, 0.5) is 0 Å². The van der Waals surface area contributed by atoms with E-state index in [-0.39, 0.29) is 0 Å². The van der Waals surface area contributed by atoms with Crippen LogP contribution in [0.25, 0.3) is 0 Å². The van der Waals surface area contributed by atoms with Gasteiger partial charge in [0.05, 0.1) is 0 Å². The van der Waals surface area contributed by atoms with E-state index in [0.29, 0.717) is 6.04 Å². The molecule has 2 aromatic carbocycles. The molecular formula is C18H21ClN2. The standard InChI is InChI=1S/C18H21ClN2/c19-17-10-5-4-9-16(17)13-21-12-6-11-20-18(14-21)15-7-2-1-3-8-15/h1-5,7-10,18,20H,6,11-14H2. The van der Waals surface area contributed by atoms with E-state index in [1.807, 2.05) is 12.1 Å². The Labute approximate surface area is 131 Å². The van der Waals surface area contributed by atoms with Crippen LogP contribution in [-0.4, -0.2) is 24.5 Å². The summed E-state index contributed by atoms with van der Waals surface area (Å²) in [5, 5.41) is 4.52. The summed E-state index contributed by atoms with van der Waals surface area (Å²) in [5.74, 6) is 0. The van der Waals surface area contributed by atoms with Crippen molar-refractivity contribution in [1.29, 1.82) is 0 Å². The molecule has 0 saturated carbocycles. The van der Waals surface area contributed by atoms with Gasteiger partial charge in [-0.15, -0.1) is 0 Å². The average molecular weight is 301 g/mol. The molecule has 110 valence electrons. The highest BCUT2D eigenvalue weighted by Gasteiger charge is 2.19. The van der Waals surface area contributed by atoms with Crippen LogP contribution in [0.2, 0.25) is 5.02 Å². The Morgan fingerprint density at radius 2 is 1.81 bits per heavy atom. The molecular weight excluding hydrogens is 280 g/mol. The number of rotatable bonds is 3. The van der Waals surface area contributed by atoms with Crippen molar-refractivity contribution >= 4 is 11.6 Å². The number of nitrogens with zero attached hydrogens (tertiary/aromatic N) is 1. The van der Waals surface area contributed by atoms with Gasteiger partial charge in [0.25, 0.3) is 0 Å². The smallest absolute Gasteiger partial charge is 0.0451 e. The highest BCUT2D eigenvalue weighted by molar-refractivity contribution is 6.31. The van der Waals surface area contributed by atoms with Gasteiger partial charge in [0, 0.05) is 24.2 Å². The fraction of sp³-hybridized carbons (Fsp3) is 0.333. The van der Waals surface area contributed by atoms with Gasteiger partial charge in [-0.05, 0) is 36.7 Å². The molecule has 1 heterocycles. The van der Waals surface area contributed by atoms with E-state index in [1.165, 1.54) is 17.5 Å². The number of hydrogen-bond acceptors (Lipinski definition) is 2. The molecule has 0 bridgehead atoms. The Balaban J connectivity index is 1.72. The second-order valence-corrected chi connectivity index (χ2v) is 6.00. The third-order valence-corrected chi connectivity index (χ3v) is 4.41. The molecule has 1 unspecified atom stereocenters. The Bertz CT molecular complexity index is 570. The van der Waals surface area contributed by atoms with Crippen molar-refractivity contribution in [2.45, 2.75) is 19.0 Å². The van der Waals surface area contributed by atoms with Crippen molar-refractivity contribution < 1.29 is 0 Å². The summed E-state index contributed by atoms with van der Waals surface area (Å²) >= 11 is 6.30. The molecule has 0 radical (unpaired) electrons. The summed E-state index contributed by atoms with van der Waals surface area (Å²) in [7, 11) is 0. The summed E-state index contributed by atoms with van der Waals surface area (Å²) in [6.07, 6.45) is 1.17. The van der Waals surface area contributed by atoms with Gasteiger partial charge in [-0.1, -0.05) is 60.1 Å². The average Bonchev–Trinajstić information content (AvgIpc) is 2.76. The van der Waals surface area contributed by atoms with E-state index in [2.05, 4.69) is 52.7 Å². The molecule has 0 aliphatic carbocycles. The Hall–Kier alpha value is -1.35. The lowest BCUT2D eigenvalue weighted by atomic mass is 10.1. The summed E-state index contributed by atoms with van der Waals surface area (Å²) < 4.78 is 0. The molecule has 1 atom stereocenters. The van der Waals surface area contributed by atoms with Crippen LogP contribution >= 0.6 is 11.6 Å². The molecule has 1 aliphatic heterocycles. The van der Waals surface area contributed by atoms with Crippen molar-refractivity contribution in [1.82, 2.24) is 10.2 Å². The lowest BCUT2D eigenvalue weighted by Crippen LogP contribution is -2.31. The minimum Gasteiger partial charge on any atom is -0.309 e. The highest BCUT2D eigenvalue weighted by Crippen LogP contribution is 2.21. The molecule has 21 heavy (non-hydrogen) atoms. The van der Waals surface area contributed by atoms with Crippen molar-refractivity contribution in [2.24, 2.45) is 0 Å². The van der Waals surface area contributed by atoms with E-state index in [0.717, 1.165) is 31.2 Å². The summed E-state index contributed by atoms with van der Waals surface area (Å²) in [4.78, 5) is 2.50. The predicted octanol–water partition coefficient (Wildman–Crippen LogP) is 3.88. The monoisotopic (exact) mass is 300 g/mol. The van der Waals surface area contributed by atoms with E-state index < -0.39 is 0 Å². The topological polar surface area (TPSA) is 15.3 Å². The van der Waals surface area contributed by atoms with Crippen LogP contribution in [0.5, 0.6) is 0 Å². The molecule has 2 aromatic rings. The minimum absolute atomic E-state index is 0.399. The first-order chi connectivity index (χ1) is 10.3.